The number of aryl methyl sites for hydroxylation is 1. The maximum absolute atomic E-state index is 13.2. The number of carbonyl (C=O) groups excluding carboxylic acids is 1. The van der Waals surface area contributed by atoms with E-state index >= 15 is 0 Å². The average Bonchev–Trinajstić information content (AvgIpc) is 3.47. The van der Waals surface area contributed by atoms with E-state index in [1.807, 2.05) is 12.1 Å². The number of carboxylic acid groups (broad SMARTS) is 1. The molecule has 2 unspecified atom stereocenters. The molecule has 0 aromatic carbocycles. The summed E-state index contributed by atoms with van der Waals surface area (Å²) in [5.74, 6) is 1.99. The topological polar surface area (TPSA) is 83.9 Å². The Kier molecular flexibility index (Phi) is 4.13. The molecule has 2 aromatic heterocycles. The Morgan fingerprint density at radius 3 is 2.65 bits per heavy atom. The molecule has 2 fully saturated rings. The van der Waals surface area contributed by atoms with E-state index in [1.54, 1.807) is 11.8 Å². The second-order valence-electron chi connectivity index (χ2n) is 7.58. The molecular formula is C20H23NO5. The molecule has 4 rings (SSSR count). The normalized spacial score (nSPS) is 21.6. The maximum atomic E-state index is 13.2. The van der Waals surface area contributed by atoms with E-state index in [-0.39, 0.29) is 24.1 Å². The molecule has 2 heterocycles. The number of amides is 1. The third-order valence-corrected chi connectivity index (χ3v) is 5.31. The number of carbonyl (C=O) groups is 2. The molecule has 138 valence electrons. The van der Waals surface area contributed by atoms with Gasteiger partial charge in [-0.3, -0.25) is 9.59 Å². The summed E-state index contributed by atoms with van der Waals surface area (Å²) >= 11 is 0. The summed E-state index contributed by atoms with van der Waals surface area (Å²) in [5, 5.41) is 9.06. The van der Waals surface area contributed by atoms with Crippen LogP contribution in [0.5, 0.6) is 0 Å². The molecule has 1 N–H and O–H groups in total. The molecule has 0 saturated heterocycles. The van der Waals surface area contributed by atoms with Gasteiger partial charge in [-0.15, -0.1) is 0 Å². The lowest BCUT2D eigenvalue weighted by molar-refractivity contribution is -0.136. The highest BCUT2D eigenvalue weighted by Crippen LogP contribution is 2.47. The summed E-state index contributed by atoms with van der Waals surface area (Å²) in [7, 11) is 0. The van der Waals surface area contributed by atoms with E-state index in [0.717, 1.165) is 30.8 Å². The Hall–Kier alpha value is -2.50. The third-order valence-electron chi connectivity index (χ3n) is 5.31. The Labute approximate surface area is 151 Å². The van der Waals surface area contributed by atoms with Crippen LogP contribution in [0.1, 0.15) is 65.3 Å². The summed E-state index contributed by atoms with van der Waals surface area (Å²) < 4.78 is 11.3. The standard InChI is InChI=1S/C20H23NO5/c1-11-7-15(11)16-6-5-14(26-16)9-21(13-3-4-13)20(24)19-12(2)10-25-17(19)8-18(22)23/h5-6,10-11,13,15H,3-4,7-9H2,1-2H3,(H,22,23). The van der Waals surface area contributed by atoms with Crippen molar-refractivity contribution in [1.82, 2.24) is 4.90 Å². The minimum Gasteiger partial charge on any atom is -0.481 e. The largest absolute Gasteiger partial charge is 0.481 e. The van der Waals surface area contributed by atoms with E-state index in [4.69, 9.17) is 13.9 Å². The molecule has 1 amide bonds. The van der Waals surface area contributed by atoms with Crippen molar-refractivity contribution in [2.24, 2.45) is 5.92 Å². The van der Waals surface area contributed by atoms with Crippen LogP contribution < -0.4 is 0 Å². The van der Waals surface area contributed by atoms with Crippen LogP contribution in [0.25, 0.3) is 0 Å². The van der Waals surface area contributed by atoms with Gasteiger partial charge in [0.05, 0.1) is 18.4 Å². The van der Waals surface area contributed by atoms with Gasteiger partial charge in [0.15, 0.2) is 0 Å². The Morgan fingerprint density at radius 2 is 2.04 bits per heavy atom. The number of carboxylic acids is 1. The van der Waals surface area contributed by atoms with Crippen molar-refractivity contribution in [1.29, 1.82) is 0 Å². The van der Waals surface area contributed by atoms with Crippen molar-refractivity contribution in [3.8, 4) is 0 Å². The van der Waals surface area contributed by atoms with Gasteiger partial charge in [0, 0.05) is 17.5 Å². The molecule has 2 saturated carbocycles. The molecule has 2 atom stereocenters. The molecule has 6 nitrogen and oxygen atoms in total. The summed E-state index contributed by atoms with van der Waals surface area (Å²) in [4.78, 5) is 26.0. The van der Waals surface area contributed by atoms with Gasteiger partial charge in [0.2, 0.25) is 0 Å². The Morgan fingerprint density at radius 1 is 1.31 bits per heavy atom. The molecule has 0 aliphatic heterocycles. The highest BCUT2D eigenvalue weighted by atomic mass is 16.4. The minimum absolute atomic E-state index is 0.173. The average molecular weight is 357 g/mol. The van der Waals surface area contributed by atoms with E-state index in [9.17, 15) is 9.59 Å². The van der Waals surface area contributed by atoms with Crippen LogP contribution in [0.3, 0.4) is 0 Å². The summed E-state index contributed by atoms with van der Waals surface area (Å²) in [6.45, 7) is 4.38. The smallest absolute Gasteiger partial charge is 0.311 e. The molecule has 0 radical (unpaired) electrons. The SMILES string of the molecule is Cc1coc(CC(=O)O)c1C(=O)N(Cc1ccc(C2CC2C)o1)C1CC1. The molecule has 2 aliphatic carbocycles. The summed E-state index contributed by atoms with van der Waals surface area (Å²) in [5.41, 5.74) is 1.05. The van der Waals surface area contributed by atoms with Crippen LogP contribution >= 0.6 is 0 Å². The predicted molar refractivity (Wildman–Crippen MR) is 92.9 cm³/mol. The van der Waals surface area contributed by atoms with E-state index in [2.05, 4.69) is 6.92 Å². The van der Waals surface area contributed by atoms with Crippen molar-refractivity contribution >= 4 is 11.9 Å². The number of nitrogens with zero attached hydrogens (tertiary/aromatic N) is 1. The zero-order chi connectivity index (χ0) is 18.4. The highest BCUT2D eigenvalue weighted by Gasteiger charge is 2.38. The zero-order valence-corrected chi connectivity index (χ0v) is 15.0. The van der Waals surface area contributed by atoms with Crippen molar-refractivity contribution in [3.63, 3.8) is 0 Å². The van der Waals surface area contributed by atoms with Crippen LogP contribution in [-0.2, 0) is 17.8 Å². The first-order valence-electron chi connectivity index (χ1n) is 9.12. The number of hydrogen-bond donors (Lipinski definition) is 1. The van der Waals surface area contributed by atoms with Gasteiger partial charge in [-0.25, -0.2) is 0 Å². The minimum atomic E-state index is -1.01. The van der Waals surface area contributed by atoms with Gasteiger partial charge < -0.3 is 18.8 Å². The van der Waals surface area contributed by atoms with Crippen LogP contribution in [0.2, 0.25) is 0 Å². The maximum Gasteiger partial charge on any atom is 0.311 e. The monoisotopic (exact) mass is 357 g/mol. The van der Waals surface area contributed by atoms with Crippen molar-refractivity contribution in [2.75, 3.05) is 0 Å². The van der Waals surface area contributed by atoms with Crippen molar-refractivity contribution in [3.05, 3.63) is 46.8 Å². The molecule has 6 heteroatoms. The van der Waals surface area contributed by atoms with Gasteiger partial charge in [-0.1, -0.05) is 6.92 Å². The van der Waals surface area contributed by atoms with E-state index < -0.39 is 5.97 Å². The fourth-order valence-corrected chi connectivity index (χ4v) is 3.51. The van der Waals surface area contributed by atoms with Crippen molar-refractivity contribution in [2.45, 2.75) is 58.0 Å². The Balaban J connectivity index is 1.55. The molecule has 0 spiro atoms. The van der Waals surface area contributed by atoms with Crippen LogP contribution in [0.4, 0.5) is 0 Å². The quantitative estimate of drug-likeness (QED) is 0.816. The molecule has 2 aliphatic rings. The number of rotatable bonds is 7. The summed E-state index contributed by atoms with van der Waals surface area (Å²) in [6, 6.07) is 4.14. The van der Waals surface area contributed by atoms with Gasteiger partial charge in [0.25, 0.3) is 5.91 Å². The molecule has 0 bridgehead atoms. The lowest BCUT2D eigenvalue weighted by atomic mass is 10.1. The number of furan rings is 2. The van der Waals surface area contributed by atoms with Gasteiger partial charge in [0.1, 0.15) is 23.7 Å². The molecule has 2 aromatic rings. The Bertz CT molecular complexity index is 844. The van der Waals surface area contributed by atoms with E-state index in [0.29, 0.717) is 29.5 Å². The second kappa shape index (κ2) is 6.34. The van der Waals surface area contributed by atoms with Crippen LogP contribution in [0.15, 0.2) is 27.2 Å². The first-order valence-corrected chi connectivity index (χ1v) is 9.12. The van der Waals surface area contributed by atoms with Gasteiger partial charge >= 0.3 is 5.97 Å². The first kappa shape index (κ1) is 16.9. The number of aliphatic carboxylic acids is 1. The van der Waals surface area contributed by atoms with Crippen LogP contribution in [-0.4, -0.2) is 27.9 Å². The first-order chi connectivity index (χ1) is 12.4. The number of hydrogen-bond acceptors (Lipinski definition) is 4. The fraction of sp³-hybridized carbons (Fsp3) is 0.500. The zero-order valence-electron chi connectivity index (χ0n) is 15.0. The fourth-order valence-electron chi connectivity index (χ4n) is 3.51. The van der Waals surface area contributed by atoms with E-state index in [1.165, 1.54) is 6.26 Å². The molecule has 26 heavy (non-hydrogen) atoms. The predicted octanol–water partition coefficient (Wildman–Crippen LogP) is 3.74. The lowest BCUT2D eigenvalue weighted by Crippen LogP contribution is -2.33. The van der Waals surface area contributed by atoms with Gasteiger partial charge in [-0.05, 0) is 44.2 Å². The third kappa shape index (κ3) is 3.28. The van der Waals surface area contributed by atoms with Crippen molar-refractivity contribution < 1.29 is 23.5 Å². The summed E-state index contributed by atoms with van der Waals surface area (Å²) in [6.07, 6.45) is 4.24. The lowest BCUT2D eigenvalue weighted by Gasteiger charge is -2.21. The van der Waals surface area contributed by atoms with Gasteiger partial charge in [-0.2, -0.15) is 0 Å². The van der Waals surface area contributed by atoms with Crippen LogP contribution in [0, 0.1) is 12.8 Å². The highest BCUT2D eigenvalue weighted by molar-refractivity contribution is 5.97. The second-order valence-corrected chi connectivity index (χ2v) is 7.58. The molecular weight excluding hydrogens is 334 g/mol.